The highest BCUT2D eigenvalue weighted by Gasteiger charge is 2.23. The van der Waals surface area contributed by atoms with Gasteiger partial charge in [-0.25, -0.2) is 9.18 Å². The van der Waals surface area contributed by atoms with Crippen LogP contribution >= 0.6 is 11.6 Å². The lowest BCUT2D eigenvalue weighted by Crippen LogP contribution is -2.42. The molecule has 6 heteroatoms. The zero-order valence-corrected chi connectivity index (χ0v) is 12.1. The molecule has 0 spiro atoms. The summed E-state index contributed by atoms with van der Waals surface area (Å²) in [6.45, 7) is 3.39. The van der Waals surface area contributed by atoms with Gasteiger partial charge in [-0.3, -0.25) is 0 Å². The van der Waals surface area contributed by atoms with Crippen LogP contribution in [0.15, 0.2) is 18.2 Å². The minimum Gasteiger partial charge on any atom is -0.450 e. The van der Waals surface area contributed by atoms with Crippen LogP contribution in [0.2, 0.25) is 5.02 Å². The molecule has 0 saturated carbocycles. The molecule has 1 fully saturated rings. The molecule has 0 radical (unpaired) electrons. The third-order valence-electron chi connectivity index (χ3n) is 3.31. The number of amides is 1. The quantitative estimate of drug-likeness (QED) is 0.929. The fourth-order valence-electron chi connectivity index (χ4n) is 2.25. The number of anilines is 1. The molecule has 0 aliphatic carbocycles. The molecule has 0 unspecified atom stereocenters. The Morgan fingerprint density at radius 2 is 2.20 bits per heavy atom. The molecule has 1 aromatic rings. The Morgan fingerprint density at radius 3 is 2.85 bits per heavy atom. The SMILES string of the molecule is CCOC(=O)N1CCC(Nc2cc(Cl)ccc2F)CC1. The van der Waals surface area contributed by atoms with Crippen molar-refractivity contribution in [2.24, 2.45) is 0 Å². The van der Waals surface area contributed by atoms with Crippen LogP contribution in [0, 0.1) is 5.82 Å². The number of carbonyl (C=O) groups is 1. The summed E-state index contributed by atoms with van der Waals surface area (Å²) >= 11 is 5.86. The van der Waals surface area contributed by atoms with Crippen molar-refractivity contribution in [1.29, 1.82) is 0 Å². The summed E-state index contributed by atoms with van der Waals surface area (Å²) in [4.78, 5) is 13.2. The zero-order chi connectivity index (χ0) is 14.5. The van der Waals surface area contributed by atoms with Gasteiger partial charge in [-0.05, 0) is 38.0 Å². The van der Waals surface area contributed by atoms with E-state index in [2.05, 4.69) is 5.32 Å². The number of piperidine rings is 1. The minimum atomic E-state index is -0.317. The van der Waals surface area contributed by atoms with E-state index in [1.165, 1.54) is 12.1 Å². The second kappa shape index (κ2) is 6.79. The number of likely N-dealkylation sites (tertiary alicyclic amines) is 1. The van der Waals surface area contributed by atoms with Crippen molar-refractivity contribution in [3.8, 4) is 0 Å². The van der Waals surface area contributed by atoms with Crippen LogP contribution in [-0.2, 0) is 4.74 Å². The Balaban J connectivity index is 1.88. The number of nitrogens with zero attached hydrogens (tertiary/aromatic N) is 1. The van der Waals surface area contributed by atoms with E-state index in [1.807, 2.05) is 0 Å². The second-order valence-electron chi connectivity index (χ2n) is 4.73. The van der Waals surface area contributed by atoms with Gasteiger partial charge in [0.1, 0.15) is 5.82 Å². The van der Waals surface area contributed by atoms with E-state index in [1.54, 1.807) is 17.9 Å². The van der Waals surface area contributed by atoms with Gasteiger partial charge < -0.3 is 15.0 Å². The average molecular weight is 301 g/mol. The van der Waals surface area contributed by atoms with Crippen molar-refractivity contribution in [1.82, 2.24) is 4.90 Å². The van der Waals surface area contributed by atoms with Gasteiger partial charge in [-0.1, -0.05) is 11.6 Å². The van der Waals surface area contributed by atoms with Gasteiger partial charge in [-0.15, -0.1) is 0 Å². The van der Waals surface area contributed by atoms with Crippen molar-refractivity contribution in [2.75, 3.05) is 25.0 Å². The third kappa shape index (κ3) is 3.76. The van der Waals surface area contributed by atoms with Gasteiger partial charge in [0.25, 0.3) is 0 Å². The highest BCUT2D eigenvalue weighted by atomic mass is 35.5. The lowest BCUT2D eigenvalue weighted by molar-refractivity contribution is 0.0983. The standard InChI is InChI=1S/C14H18ClFN2O2/c1-2-20-14(19)18-7-5-11(6-8-18)17-13-9-10(15)3-4-12(13)16/h3-4,9,11,17H,2,5-8H2,1H3. The van der Waals surface area contributed by atoms with Crippen molar-refractivity contribution in [3.63, 3.8) is 0 Å². The molecular formula is C14H18ClFN2O2. The molecule has 2 rings (SSSR count). The molecule has 0 aromatic heterocycles. The smallest absolute Gasteiger partial charge is 0.409 e. The first-order chi connectivity index (χ1) is 9.60. The van der Waals surface area contributed by atoms with E-state index in [4.69, 9.17) is 16.3 Å². The molecule has 1 aromatic carbocycles. The molecule has 0 atom stereocenters. The Labute approximate surface area is 122 Å². The van der Waals surface area contributed by atoms with Crippen molar-refractivity contribution >= 4 is 23.4 Å². The lowest BCUT2D eigenvalue weighted by atomic mass is 10.0. The number of carbonyl (C=O) groups excluding carboxylic acids is 1. The van der Waals surface area contributed by atoms with Crippen molar-refractivity contribution in [2.45, 2.75) is 25.8 Å². The Bertz CT molecular complexity index is 476. The number of rotatable bonds is 3. The topological polar surface area (TPSA) is 41.6 Å². The van der Waals surface area contributed by atoms with E-state index in [9.17, 15) is 9.18 Å². The number of hydrogen-bond acceptors (Lipinski definition) is 3. The maximum Gasteiger partial charge on any atom is 0.409 e. The van der Waals surface area contributed by atoms with Gasteiger partial charge in [0.05, 0.1) is 12.3 Å². The van der Waals surface area contributed by atoms with E-state index >= 15 is 0 Å². The number of halogens is 2. The van der Waals surface area contributed by atoms with Crippen LogP contribution in [0.25, 0.3) is 0 Å². The maximum atomic E-state index is 13.6. The number of ether oxygens (including phenoxy) is 1. The first-order valence-electron chi connectivity index (χ1n) is 6.73. The predicted octanol–water partition coefficient (Wildman–Crippen LogP) is 3.51. The molecule has 0 bridgehead atoms. The predicted molar refractivity (Wildman–Crippen MR) is 76.6 cm³/mol. The Kier molecular flexibility index (Phi) is 5.06. The van der Waals surface area contributed by atoms with Gasteiger partial charge in [0, 0.05) is 24.2 Å². The van der Waals surface area contributed by atoms with Gasteiger partial charge in [-0.2, -0.15) is 0 Å². The van der Waals surface area contributed by atoms with Gasteiger partial charge >= 0.3 is 6.09 Å². The van der Waals surface area contributed by atoms with Crippen LogP contribution in [0.1, 0.15) is 19.8 Å². The number of benzene rings is 1. The van der Waals surface area contributed by atoms with Gasteiger partial charge in [0.2, 0.25) is 0 Å². The molecule has 1 aliphatic rings. The maximum absolute atomic E-state index is 13.6. The van der Waals surface area contributed by atoms with E-state index in [0.717, 1.165) is 12.8 Å². The fraction of sp³-hybridized carbons (Fsp3) is 0.500. The summed E-state index contributed by atoms with van der Waals surface area (Å²) in [5, 5.41) is 3.64. The molecule has 1 N–H and O–H groups in total. The van der Waals surface area contributed by atoms with Gasteiger partial charge in [0.15, 0.2) is 0 Å². The van der Waals surface area contributed by atoms with Crippen molar-refractivity contribution in [3.05, 3.63) is 29.0 Å². The largest absolute Gasteiger partial charge is 0.450 e. The van der Waals surface area contributed by atoms with Crippen LogP contribution < -0.4 is 5.32 Å². The lowest BCUT2D eigenvalue weighted by Gasteiger charge is -2.32. The second-order valence-corrected chi connectivity index (χ2v) is 5.17. The van der Waals surface area contributed by atoms with Crippen LogP contribution in [0.3, 0.4) is 0 Å². The Morgan fingerprint density at radius 1 is 1.50 bits per heavy atom. The summed E-state index contributed by atoms with van der Waals surface area (Å²) in [5.41, 5.74) is 0.409. The minimum absolute atomic E-state index is 0.133. The Hall–Kier alpha value is -1.49. The first kappa shape index (κ1) is 14.9. The van der Waals surface area contributed by atoms with Crippen LogP contribution in [-0.4, -0.2) is 36.7 Å². The molecule has 20 heavy (non-hydrogen) atoms. The fourth-order valence-corrected chi connectivity index (χ4v) is 2.42. The summed E-state index contributed by atoms with van der Waals surface area (Å²) < 4.78 is 18.6. The number of hydrogen-bond donors (Lipinski definition) is 1. The molecule has 1 amide bonds. The summed E-state index contributed by atoms with van der Waals surface area (Å²) in [5.74, 6) is -0.317. The van der Waals surface area contributed by atoms with Crippen LogP contribution in [0.4, 0.5) is 14.9 Å². The van der Waals surface area contributed by atoms with Crippen LogP contribution in [0.5, 0.6) is 0 Å². The molecule has 1 saturated heterocycles. The number of nitrogens with one attached hydrogen (secondary N) is 1. The molecule has 1 aliphatic heterocycles. The molecule has 1 heterocycles. The summed E-state index contributed by atoms with van der Waals surface area (Å²) in [6, 6.07) is 4.58. The molecular weight excluding hydrogens is 283 g/mol. The third-order valence-corrected chi connectivity index (χ3v) is 3.54. The zero-order valence-electron chi connectivity index (χ0n) is 11.4. The van der Waals surface area contributed by atoms with Crippen molar-refractivity contribution < 1.29 is 13.9 Å². The van der Waals surface area contributed by atoms with E-state index in [-0.39, 0.29) is 18.0 Å². The average Bonchev–Trinajstić information content (AvgIpc) is 2.44. The normalized spacial score (nSPS) is 16.1. The summed E-state index contributed by atoms with van der Waals surface area (Å²) in [7, 11) is 0. The summed E-state index contributed by atoms with van der Waals surface area (Å²) in [6.07, 6.45) is 1.23. The highest BCUT2D eigenvalue weighted by Crippen LogP contribution is 2.23. The molecule has 4 nitrogen and oxygen atoms in total. The van der Waals surface area contributed by atoms with E-state index < -0.39 is 0 Å². The monoisotopic (exact) mass is 300 g/mol. The first-order valence-corrected chi connectivity index (χ1v) is 7.11. The van der Waals surface area contributed by atoms with E-state index in [0.29, 0.717) is 30.4 Å². The highest BCUT2D eigenvalue weighted by molar-refractivity contribution is 6.30. The molecule has 110 valence electrons.